The molecule has 0 saturated carbocycles. The first-order valence-electron chi connectivity index (χ1n) is 8.82. The number of halogens is 1. The molecule has 0 atom stereocenters. The van der Waals surface area contributed by atoms with Crippen LogP contribution in [0.4, 0.5) is 0 Å². The minimum absolute atomic E-state index is 0.351. The van der Waals surface area contributed by atoms with Crippen LogP contribution in [0.3, 0.4) is 0 Å². The zero-order chi connectivity index (χ0) is 19.5. The van der Waals surface area contributed by atoms with E-state index < -0.39 is 0 Å². The van der Waals surface area contributed by atoms with E-state index in [1.165, 1.54) is 5.56 Å². The summed E-state index contributed by atoms with van der Waals surface area (Å²) in [4.78, 5) is 4.46. The quantitative estimate of drug-likeness (QED) is 0.453. The summed E-state index contributed by atoms with van der Waals surface area (Å²) in [5, 5.41) is 9.75. The number of benzene rings is 2. The van der Waals surface area contributed by atoms with Crippen LogP contribution >= 0.6 is 11.6 Å². The van der Waals surface area contributed by atoms with Gasteiger partial charge in [-0.15, -0.1) is 5.10 Å². The van der Waals surface area contributed by atoms with Gasteiger partial charge in [-0.1, -0.05) is 34.5 Å². The monoisotopic (exact) mass is 394 g/mol. The van der Waals surface area contributed by atoms with Crippen molar-refractivity contribution < 1.29 is 9.47 Å². The highest BCUT2D eigenvalue weighted by molar-refractivity contribution is 6.30. The highest BCUT2D eigenvalue weighted by atomic mass is 35.5. The van der Waals surface area contributed by atoms with Crippen LogP contribution in [-0.2, 0) is 13.2 Å². The Morgan fingerprint density at radius 1 is 1.04 bits per heavy atom. The number of fused-ring (bicyclic) bond motifs is 1. The third-order valence-electron chi connectivity index (χ3n) is 4.37. The van der Waals surface area contributed by atoms with Gasteiger partial charge >= 0.3 is 0 Å². The summed E-state index contributed by atoms with van der Waals surface area (Å²) in [5.74, 6) is 1.58. The molecule has 4 aromatic rings. The minimum Gasteiger partial charge on any atom is -0.497 e. The van der Waals surface area contributed by atoms with Gasteiger partial charge in [-0.25, -0.2) is 9.67 Å². The van der Waals surface area contributed by atoms with Crippen LogP contribution in [0.25, 0.3) is 10.9 Å². The Morgan fingerprint density at radius 3 is 2.61 bits per heavy atom. The molecule has 0 aliphatic heterocycles. The number of aryl methyl sites for hydroxylation is 1. The first-order chi connectivity index (χ1) is 13.6. The van der Waals surface area contributed by atoms with Crippen LogP contribution in [0, 0.1) is 6.92 Å². The molecule has 0 spiro atoms. The maximum absolute atomic E-state index is 6.36. The summed E-state index contributed by atoms with van der Waals surface area (Å²) in [6, 6.07) is 15.6. The second-order valence-corrected chi connectivity index (χ2v) is 6.86. The average Bonchev–Trinajstić information content (AvgIpc) is 3.15. The first-order valence-corrected chi connectivity index (χ1v) is 9.20. The van der Waals surface area contributed by atoms with Gasteiger partial charge in [-0.2, -0.15) is 0 Å². The van der Waals surface area contributed by atoms with E-state index in [1.807, 2.05) is 61.7 Å². The highest BCUT2D eigenvalue weighted by Gasteiger charge is 2.09. The Bertz CT molecular complexity index is 1110. The lowest BCUT2D eigenvalue weighted by atomic mass is 10.1. The number of methoxy groups -OCH3 is 1. The number of rotatable bonds is 6. The Balaban J connectivity index is 1.48. The number of hydrogen-bond acceptors (Lipinski definition) is 5. The summed E-state index contributed by atoms with van der Waals surface area (Å²) in [5.41, 5.74) is 3.61. The molecule has 4 rings (SSSR count). The van der Waals surface area contributed by atoms with Crippen molar-refractivity contribution in [2.24, 2.45) is 0 Å². The van der Waals surface area contributed by atoms with Gasteiger partial charge < -0.3 is 9.47 Å². The van der Waals surface area contributed by atoms with Gasteiger partial charge in [-0.3, -0.25) is 0 Å². The van der Waals surface area contributed by atoms with Crippen LogP contribution in [0.5, 0.6) is 11.5 Å². The molecule has 142 valence electrons. The fourth-order valence-electron chi connectivity index (χ4n) is 2.86. The van der Waals surface area contributed by atoms with Crippen molar-refractivity contribution in [1.29, 1.82) is 0 Å². The van der Waals surface area contributed by atoms with Crippen molar-refractivity contribution in [2.75, 3.05) is 7.11 Å². The fourth-order valence-corrected chi connectivity index (χ4v) is 3.07. The molecule has 0 bridgehead atoms. The van der Waals surface area contributed by atoms with E-state index in [2.05, 4.69) is 15.3 Å². The molecule has 0 aliphatic carbocycles. The lowest BCUT2D eigenvalue weighted by Gasteiger charge is -2.07. The molecular weight excluding hydrogens is 376 g/mol. The molecule has 0 aliphatic rings. The normalized spacial score (nSPS) is 11.0. The van der Waals surface area contributed by atoms with Crippen LogP contribution in [0.2, 0.25) is 5.15 Å². The number of aromatic nitrogens is 4. The van der Waals surface area contributed by atoms with E-state index >= 15 is 0 Å². The third-order valence-corrected chi connectivity index (χ3v) is 4.70. The van der Waals surface area contributed by atoms with Gasteiger partial charge in [0.25, 0.3) is 0 Å². The minimum atomic E-state index is 0.351. The first kappa shape index (κ1) is 18.3. The van der Waals surface area contributed by atoms with Gasteiger partial charge in [0.2, 0.25) is 0 Å². The largest absolute Gasteiger partial charge is 0.497 e. The predicted octanol–water partition coefficient (Wildman–Crippen LogP) is 4.42. The molecule has 2 aromatic heterocycles. The van der Waals surface area contributed by atoms with Crippen LogP contribution in [-0.4, -0.2) is 27.1 Å². The second-order valence-electron chi connectivity index (χ2n) is 6.51. The topological polar surface area (TPSA) is 62.1 Å². The van der Waals surface area contributed by atoms with E-state index in [0.717, 1.165) is 33.7 Å². The predicted molar refractivity (Wildman–Crippen MR) is 108 cm³/mol. The van der Waals surface area contributed by atoms with Crippen molar-refractivity contribution in [3.63, 3.8) is 0 Å². The summed E-state index contributed by atoms with van der Waals surface area (Å²) in [7, 11) is 1.64. The van der Waals surface area contributed by atoms with E-state index in [1.54, 1.807) is 11.8 Å². The van der Waals surface area contributed by atoms with Crippen molar-refractivity contribution >= 4 is 22.5 Å². The maximum atomic E-state index is 6.36. The van der Waals surface area contributed by atoms with E-state index in [-0.39, 0.29) is 0 Å². The molecule has 6 nitrogen and oxygen atoms in total. The fraction of sp³-hybridized carbons (Fsp3) is 0.190. The van der Waals surface area contributed by atoms with E-state index in [4.69, 9.17) is 21.1 Å². The smallest absolute Gasteiger partial charge is 0.134 e. The van der Waals surface area contributed by atoms with Gasteiger partial charge in [0.15, 0.2) is 0 Å². The zero-order valence-corrected chi connectivity index (χ0v) is 16.3. The standard InChI is InChI=1S/C21H19ClN4O2/c1-14-3-5-18(6-4-14)28-13-17-12-26(25-24-17)11-16-9-15-10-19(27-2)7-8-20(15)23-21(16)22/h3-10,12H,11,13H2,1-2H3. The molecule has 0 N–H and O–H groups in total. The zero-order valence-electron chi connectivity index (χ0n) is 15.6. The SMILES string of the molecule is COc1ccc2nc(Cl)c(Cn3cc(COc4ccc(C)cc4)nn3)cc2c1. The summed E-state index contributed by atoms with van der Waals surface area (Å²) in [6.45, 7) is 2.86. The van der Waals surface area contributed by atoms with Gasteiger partial charge in [0, 0.05) is 10.9 Å². The van der Waals surface area contributed by atoms with Crippen molar-refractivity contribution in [1.82, 2.24) is 20.0 Å². The summed E-state index contributed by atoms with van der Waals surface area (Å²) < 4.78 is 12.8. The van der Waals surface area contributed by atoms with Crippen molar-refractivity contribution in [3.8, 4) is 11.5 Å². The Morgan fingerprint density at radius 2 is 1.82 bits per heavy atom. The van der Waals surface area contributed by atoms with Gasteiger partial charge in [0.05, 0.1) is 25.4 Å². The van der Waals surface area contributed by atoms with E-state index in [9.17, 15) is 0 Å². The van der Waals surface area contributed by atoms with E-state index in [0.29, 0.717) is 18.3 Å². The highest BCUT2D eigenvalue weighted by Crippen LogP contribution is 2.25. The number of hydrogen-bond donors (Lipinski definition) is 0. The number of nitrogens with zero attached hydrogens (tertiary/aromatic N) is 4. The lowest BCUT2D eigenvalue weighted by Crippen LogP contribution is -2.02. The van der Waals surface area contributed by atoms with Crippen LogP contribution in [0.15, 0.2) is 54.7 Å². The third kappa shape index (κ3) is 4.07. The molecule has 2 aromatic carbocycles. The lowest BCUT2D eigenvalue weighted by molar-refractivity contribution is 0.301. The molecule has 0 unspecified atom stereocenters. The molecule has 0 amide bonds. The molecule has 0 radical (unpaired) electrons. The Kier molecular flexibility index (Phi) is 5.12. The molecule has 2 heterocycles. The Hall–Kier alpha value is -3.12. The molecule has 7 heteroatoms. The maximum Gasteiger partial charge on any atom is 0.134 e. The molecular formula is C21H19ClN4O2. The molecule has 0 fully saturated rings. The Labute approximate surface area is 167 Å². The molecule has 28 heavy (non-hydrogen) atoms. The molecule has 0 saturated heterocycles. The average molecular weight is 395 g/mol. The van der Waals surface area contributed by atoms with Crippen molar-refractivity contribution in [2.45, 2.75) is 20.1 Å². The summed E-state index contributed by atoms with van der Waals surface area (Å²) in [6.07, 6.45) is 1.85. The second kappa shape index (κ2) is 7.86. The number of ether oxygens (including phenoxy) is 2. The van der Waals surface area contributed by atoms with Gasteiger partial charge in [0.1, 0.15) is 29.0 Å². The summed E-state index contributed by atoms with van der Waals surface area (Å²) >= 11 is 6.36. The number of pyridine rings is 1. The van der Waals surface area contributed by atoms with Crippen LogP contribution in [0.1, 0.15) is 16.8 Å². The van der Waals surface area contributed by atoms with Crippen LogP contribution < -0.4 is 9.47 Å². The van der Waals surface area contributed by atoms with Gasteiger partial charge in [-0.05, 0) is 43.3 Å². The van der Waals surface area contributed by atoms with Crippen molar-refractivity contribution in [3.05, 3.63) is 76.7 Å².